The number of aromatic hydroxyl groups is 1. The smallest absolute Gasteiger partial charge is 0.262 e. The summed E-state index contributed by atoms with van der Waals surface area (Å²) in [5.41, 5.74) is 1.25. The van der Waals surface area contributed by atoms with Gasteiger partial charge in [-0.2, -0.15) is 0 Å². The standard InChI is InChI=1S/C19H16N2O3S/c22-19-15(14-20-16-9-3-1-4-10-16)8-7-13-18(19)21-25(23,24)17-11-5-2-6-12-17/h1-14,21-22H/b20-14+. The summed E-state index contributed by atoms with van der Waals surface area (Å²) < 4.78 is 27.2. The zero-order valence-electron chi connectivity index (χ0n) is 13.2. The third-order valence-electron chi connectivity index (χ3n) is 3.47. The summed E-state index contributed by atoms with van der Waals surface area (Å²) in [6.07, 6.45) is 1.49. The summed E-state index contributed by atoms with van der Waals surface area (Å²) in [6, 6.07) is 22.0. The second kappa shape index (κ2) is 7.19. The SMILES string of the molecule is O=S(=O)(Nc1cccc(/C=N/c2ccccc2)c1O)c1ccccc1. The van der Waals surface area contributed by atoms with Crippen LogP contribution in [0.4, 0.5) is 11.4 Å². The number of rotatable bonds is 5. The number of anilines is 1. The average Bonchev–Trinajstić information content (AvgIpc) is 2.64. The van der Waals surface area contributed by atoms with Crippen LogP contribution < -0.4 is 4.72 Å². The normalized spacial score (nSPS) is 11.5. The molecule has 0 spiro atoms. The molecular formula is C19H16N2O3S. The number of benzene rings is 3. The molecule has 0 radical (unpaired) electrons. The Morgan fingerprint density at radius 3 is 2.16 bits per heavy atom. The quantitative estimate of drug-likeness (QED) is 0.539. The molecule has 5 nitrogen and oxygen atoms in total. The fourth-order valence-electron chi connectivity index (χ4n) is 2.21. The molecule has 0 aliphatic rings. The first-order valence-electron chi connectivity index (χ1n) is 7.55. The first-order chi connectivity index (χ1) is 12.1. The largest absolute Gasteiger partial charge is 0.505 e. The van der Waals surface area contributed by atoms with Gasteiger partial charge in [0.05, 0.1) is 16.3 Å². The Morgan fingerprint density at radius 1 is 0.840 bits per heavy atom. The van der Waals surface area contributed by atoms with E-state index in [9.17, 15) is 13.5 Å². The van der Waals surface area contributed by atoms with Gasteiger partial charge in [0.2, 0.25) is 0 Å². The van der Waals surface area contributed by atoms with Gasteiger partial charge < -0.3 is 5.11 Å². The second-order valence-corrected chi connectivity index (χ2v) is 6.94. The van der Waals surface area contributed by atoms with E-state index in [4.69, 9.17) is 0 Å². The molecule has 0 aliphatic carbocycles. The van der Waals surface area contributed by atoms with Crippen LogP contribution in [-0.4, -0.2) is 19.7 Å². The maximum absolute atomic E-state index is 12.4. The molecule has 0 aliphatic heterocycles. The van der Waals surface area contributed by atoms with Crippen molar-refractivity contribution in [1.82, 2.24) is 0 Å². The molecule has 0 heterocycles. The Balaban J connectivity index is 1.88. The Bertz CT molecular complexity index is 986. The van der Waals surface area contributed by atoms with E-state index in [1.807, 2.05) is 30.3 Å². The Labute approximate surface area is 146 Å². The molecule has 126 valence electrons. The van der Waals surface area contributed by atoms with Crippen molar-refractivity contribution >= 4 is 27.6 Å². The fourth-order valence-corrected chi connectivity index (χ4v) is 3.30. The van der Waals surface area contributed by atoms with Crippen molar-refractivity contribution in [3.63, 3.8) is 0 Å². The van der Waals surface area contributed by atoms with Crippen molar-refractivity contribution in [3.05, 3.63) is 84.4 Å². The van der Waals surface area contributed by atoms with E-state index >= 15 is 0 Å². The summed E-state index contributed by atoms with van der Waals surface area (Å²) >= 11 is 0. The first kappa shape index (κ1) is 16.7. The van der Waals surface area contributed by atoms with Gasteiger partial charge in [-0.15, -0.1) is 0 Å². The van der Waals surface area contributed by atoms with Crippen molar-refractivity contribution in [2.45, 2.75) is 4.90 Å². The van der Waals surface area contributed by atoms with Gasteiger partial charge in [-0.1, -0.05) is 42.5 Å². The van der Waals surface area contributed by atoms with Crippen LogP contribution in [0.15, 0.2) is 88.8 Å². The predicted octanol–water partition coefficient (Wildman–Crippen LogP) is 3.94. The van der Waals surface area contributed by atoms with Gasteiger partial charge in [-0.05, 0) is 36.4 Å². The number of sulfonamides is 1. The van der Waals surface area contributed by atoms with E-state index < -0.39 is 10.0 Å². The van der Waals surface area contributed by atoms with Crippen LogP contribution in [0.3, 0.4) is 0 Å². The van der Waals surface area contributed by atoms with Gasteiger partial charge in [-0.3, -0.25) is 9.71 Å². The maximum Gasteiger partial charge on any atom is 0.262 e. The number of phenolic OH excluding ortho intramolecular Hbond substituents is 1. The maximum atomic E-state index is 12.4. The molecule has 3 aromatic carbocycles. The lowest BCUT2D eigenvalue weighted by Gasteiger charge is -2.11. The van der Waals surface area contributed by atoms with Crippen molar-refractivity contribution in [2.75, 3.05) is 4.72 Å². The zero-order chi connectivity index (χ0) is 17.7. The van der Waals surface area contributed by atoms with Gasteiger partial charge >= 0.3 is 0 Å². The molecule has 0 fully saturated rings. The molecule has 0 bridgehead atoms. The molecule has 3 aromatic rings. The van der Waals surface area contributed by atoms with E-state index in [-0.39, 0.29) is 16.3 Å². The first-order valence-corrected chi connectivity index (χ1v) is 9.03. The van der Waals surface area contributed by atoms with E-state index in [1.165, 1.54) is 24.4 Å². The van der Waals surface area contributed by atoms with Gasteiger partial charge in [-0.25, -0.2) is 8.42 Å². The molecule has 0 amide bonds. The topological polar surface area (TPSA) is 78.8 Å². The van der Waals surface area contributed by atoms with Crippen LogP contribution >= 0.6 is 0 Å². The third kappa shape index (κ3) is 4.05. The van der Waals surface area contributed by atoms with Crippen LogP contribution in [0.25, 0.3) is 0 Å². The minimum absolute atomic E-state index is 0.0980. The molecule has 25 heavy (non-hydrogen) atoms. The van der Waals surface area contributed by atoms with E-state index in [0.29, 0.717) is 5.56 Å². The molecule has 0 aromatic heterocycles. The predicted molar refractivity (Wildman–Crippen MR) is 99.1 cm³/mol. The van der Waals surface area contributed by atoms with Crippen LogP contribution in [0.1, 0.15) is 5.56 Å². The highest BCUT2D eigenvalue weighted by Gasteiger charge is 2.16. The molecular weight excluding hydrogens is 336 g/mol. The molecule has 3 rings (SSSR count). The van der Waals surface area contributed by atoms with Crippen molar-refractivity contribution in [1.29, 1.82) is 0 Å². The number of hydrogen-bond donors (Lipinski definition) is 2. The van der Waals surface area contributed by atoms with Crippen LogP contribution in [0.5, 0.6) is 5.75 Å². The highest BCUT2D eigenvalue weighted by Crippen LogP contribution is 2.29. The fraction of sp³-hybridized carbons (Fsp3) is 0. The van der Waals surface area contributed by atoms with Crippen molar-refractivity contribution in [3.8, 4) is 5.75 Å². The second-order valence-electron chi connectivity index (χ2n) is 5.26. The van der Waals surface area contributed by atoms with E-state index in [2.05, 4.69) is 9.71 Å². The Kier molecular flexibility index (Phi) is 4.81. The highest BCUT2D eigenvalue weighted by molar-refractivity contribution is 7.92. The van der Waals surface area contributed by atoms with Crippen LogP contribution in [0, 0.1) is 0 Å². The van der Waals surface area contributed by atoms with Gasteiger partial charge in [0.25, 0.3) is 10.0 Å². The molecule has 0 unspecified atom stereocenters. The lowest BCUT2D eigenvalue weighted by Crippen LogP contribution is -2.13. The molecule has 2 N–H and O–H groups in total. The van der Waals surface area contributed by atoms with Crippen LogP contribution in [0.2, 0.25) is 0 Å². The Hall–Kier alpha value is -3.12. The summed E-state index contributed by atoms with van der Waals surface area (Å²) in [7, 11) is -3.77. The highest BCUT2D eigenvalue weighted by atomic mass is 32.2. The summed E-state index contributed by atoms with van der Waals surface area (Å²) in [5.74, 6) is -0.179. The number of aliphatic imine (C=N–C) groups is 1. The minimum atomic E-state index is -3.77. The molecule has 0 saturated heterocycles. The summed E-state index contributed by atoms with van der Waals surface area (Å²) in [5, 5.41) is 10.4. The number of phenols is 1. The monoisotopic (exact) mass is 352 g/mol. The van der Waals surface area contributed by atoms with E-state index in [1.54, 1.807) is 30.3 Å². The summed E-state index contributed by atoms with van der Waals surface area (Å²) in [4.78, 5) is 4.39. The van der Waals surface area contributed by atoms with Crippen molar-refractivity contribution < 1.29 is 13.5 Å². The molecule has 0 saturated carbocycles. The van der Waals surface area contributed by atoms with Gasteiger partial charge in [0, 0.05) is 11.8 Å². The van der Waals surface area contributed by atoms with Gasteiger partial charge in [0.15, 0.2) is 0 Å². The van der Waals surface area contributed by atoms with Crippen molar-refractivity contribution in [2.24, 2.45) is 4.99 Å². The third-order valence-corrected chi connectivity index (χ3v) is 4.86. The molecule has 6 heteroatoms. The van der Waals surface area contributed by atoms with Crippen LogP contribution in [-0.2, 0) is 10.0 Å². The average molecular weight is 352 g/mol. The lowest BCUT2D eigenvalue weighted by atomic mass is 10.2. The Morgan fingerprint density at radius 2 is 1.48 bits per heavy atom. The van der Waals surface area contributed by atoms with Gasteiger partial charge in [0.1, 0.15) is 5.75 Å². The number of hydrogen-bond acceptors (Lipinski definition) is 4. The molecule has 0 atom stereocenters. The number of nitrogens with one attached hydrogen (secondary N) is 1. The number of nitrogens with zero attached hydrogens (tertiary/aromatic N) is 1. The summed E-state index contributed by atoms with van der Waals surface area (Å²) in [6.45, 7) is 0. The van der Waals surface area contributed by atoms with E-state index in [0.717, 1.165) is 5.69 Å². The number of para-hydroxylation sites is 2. The lowest BCUT2D eigenvalue weighted by molar-refractivity contribution is 0.477. The zero-order valence-corrected chi connectivity index (χ0v) is 14.0. The minimum Gasteiger partial charge on any atom is -0.505 e.